The normalized spacial score (nSPS) is 14.0. The summed E-state index contributed by atoms with van der Waals surface area (Å²) in [5, 5.41) is 2.75. The maximum absolute atomic E-state index is 2.75. The minimum atomic E-state index is 0.889. The van der Waals surface area contributed by atoms with E-state index < -0.39 is 0 Å². The van der Waals surface area contributed by atoms with E-state index in [0.29, 0.717) is 0 Å². The molecule has 1 rings (SSSR count). The van der Waals surface area contributed by atoms with Crippen molar-refractivity contribution in [1.29, 1.82) is 0 Å². The van der Waals surface area contributed by atoms with Crippen LogP contribution >= 0.6 is 0 Å². The van der Waals surface area contributed by atoms with Gasteiger partial charge >= 0.3 is 0 Å². The first-order chi connectivity index (χ1) is 2.00. The van der Waals surface area contributed by atoms with E-state index in [1.165, 1.54) is 0 Å². The second kappa shape index (κ2) is 0.387. The fourth-order valence-corrected chi connectivity index (χ4v) is 0.0884. The van der Waals surface area contributed by atoms with Gasteiger partial charge in [0.2, 0.25) is 0 Å². The molecule has 0 amide bonds. The van der Waals surface area contributed by atoms with Crippen LogP contribution < -0.4 is 5.32 Å². The van der Waals surface area contributed by atoms with Gasteiger partial charge in [0, 0.05) is 6.04 Å². The van der Waals surface area contributed by atoms with Crippen LogP contribution in [0.4, 0.5) is 0 Å². The minimum absolute atomic E-state index is 0.889. The Balaban J connectivity index is 2.69. The van der Waals surface area contributed by atoms with Crippen molar-refractivity contribution in [1.82, 2.24) is 5.32 Å². The van der Waals surface area contributed by atoms with Gasteiger partial charge in [-0.3, -0.25) is 0 Å². The number of nitrogens with one attached hydrogen (secondary N) is 1. The summed E-state index contributed by atoms with van der Waals surface area (Å²) >= 11 is 0. The predicted octanol–water partition coefficient (Wildman–Crippen LogP) is -0.450. The van der Waals surface area contributed by atoms with Crippen LogP contribution in [0.1, 0.15) is 0 Å². The van der Waals surface area contributed by atoms with Crippen LogP contribution in [0.25, 0.3) is 0 Å². The van der Waals surface area contributed by atoms with Crippen LogP contribution in [0.15, 0.2) is 0 Å². The van der Waals surface area contributed by atoms with Crippen molar-refractivity contribution in [3.05, 3.63) is 0 Å². The molecule has 0 aromatic carbocycles. The summed E-state index contributed by atoms with van der Waals surface area (Å²) in [6.45, 7) is 0.889. The van der Waals surface area contributed by atoms with Crippen molar-refractivity contribution in [3.8, 4) is 12.0 Å². The van der Waals surface area contributed by atoms with Crippen molar-refractivity contribution in [3.63, 3.8) is 0 Å². The van der Waals surface area contributed by atoms with Crippen LogP contribution in [0, 0.1) is 12.0 Å². The van der Waals surface area contributed by atoms with Crippen molar-refractivity contribution < 1.29 is 0 Å². The maximum atomic E-state index is 2.75. The van der Waals surface area contributed by atoms with Crippen molar-refractivity contribution in [2.75, 3.05) is 6.54 Å². The third-order valence-electron chi connectivity index (χ3n) is 0.354. The summed E-state index contributed by atoms with van der Waals surface area (Å²) in [5.41, 5.74) is 0. The maximum Gasteiger partial charge on any atom is 0.0859 e. The van der Waals surface area contributed by atoms with Crippen LogP contribution in [-0.4, -0.2) is 6.54 Å². The molecule has 4 heavy (non-hydrogen) atoms. The molecule has 1 aliphatic heterocycles. The zero-order valence-corrected chi connectivity index (χ0v) is 2.21. The molecule has 0 atom stereocenters. The highest BCUT2D eigenvalue weighted by Crippen LogP contribution is 1.57. The predicted molar refractivity (Wildman–Crippen MR) is 15.8 cm³/mol. The van der Waals surface area contributed by atoms with E-state index in [4.69, 9.17) is 0 Å². The van der Waals surface area contributed by atoms with Crippen molar-refractivity contribution in [2.24, 2.45) is 0 Å². The molecule has 0 saturated heterocycles. The van der Waals surface area contributed by atoms with Gasteiger partial charge in [-0.15, -0.1) is 0 Å². The summed E-state index contributed by atoms with van der Waals surface area (Å²) < 4.78 is 0. The molecule has 20 valence electrons. The average Bonchev–Trinajstić information content (AvgIpc) is 0.722. The number of hydrogen-bond donors (Lipinski definition) is 1. The highest BCUT2D eigenvalue weighted by molar-refractivity contribution is 5.09. The Morgan fingerprint density at radius 3 is 2.00 bits per heavy atom. The van der Waals surface area contributed by atoms with Gasteiger partial charge < -0.3 is 5.32 Å². The summed E-state index contributed by atoms with van der Waals surface area (Å²) in [7, 11) is 0. The molecule has 1 heterocycles. The van der Waals surface area contributed by atoms with E-state index in [1.807, 2.05) is 0 Å². The monoisotopic (exact) mass is 53.0 g/mol. The van der Waals surface area contributed by atoms with Gasteiger partial charge in [-0.2, -0.15) is 0 Å². The van der Waals surface area contributed by atoms with Crippen molar-refractivity contribution in [2.45, 2.75) is 0 Å². The van der Waals surface area contributed by atoms with E-state index in [-0.39, 0.29) is 0 Å². The highest BCUT2D eigenvalue weighted by atomic mass is 14.8. The fraction of sp³-hybridized carbons (Fsp3) is 0.333. The molecule has 0 bridgehead atoms. The molecular weight excluding hydrogens is 50.0 g/mol. The van der Waals surface area contributed by atoms with Crippen LogP contribution in [-0.2, 0) is 0 Å². The Bertz CT molecular complexity index is 57.1. The van der Waals surface area contributed by atoms with E-state index in [9.17, 15) is 0 Å². The first kappa shape index (κ1) is 1.66. The molecule has 0 aliphatic carbocycles. The lowest BCUT2D eigenvalue weighted by Gasteiger charge is -1.91. The summed E-state index contributed by atoms with van der Waals surface area (Å²) in [6.07, 6.45) is 0. The molecule has 0 fully saturated rings. The van der Waals surface area contributed by atoms with Gasteiger partial charge in [0.25, 0.3) is 0 Å². The molecule has 0 spiro atoms. The Labute approximate surface area is 25.0 Å². The van der Waals surface area contributed by atoms with Crippen molar-refractivity contribution >= 4 is 0 Å². The molecule has 1 nitrogen and oxygen atoms in total. The van der Waals surface area contributed by atoms with Crippen LogP contribution in [0.2, 0.25) is 0 Å². The largest absolute Gasteiger partial charge is 0.334 e. The zero-order valence-electron chi connectivity index (χ0n) is 2.21. The van der Waals surface area contributed by atoms with Gasteiger partial charge in [-0.25, -0.2) is 0 Å². The third-order valence-corrected chi connectivity index (χ3v) is 0.354. The van der Waals surface area contributed by atoms with Crippen LogP contribution in [0.5, 0.6) is 0 Å². The molecule has 0 saturated carbocycles. The summed E-state index contributed by atoms with van der Waals surface area (Å²) in [6, 6.07) is 2.61. The minimum Gasteiger partial charge on any atom is -0.334 e. The Hall–Kier alpha value is -0.640. The molecule has 1 aliphatic rings. The van der Waals surface area contributed by atoms with Gasteiger partial charge in [0.15, 0.2) is 0 Å². The Morgan fingerprint density at radius 1 is 1.75 bits per heavy atom. The van der Waals surface area contributed by atoms with E-state index >= 15 is 0 Å². The third kappa shape index (κ3) is 0.0156. The smallest absolute Gasteiger partial charge is 0.0859 e. The van der Waals surface area contributed by atoms with E-state index in [0.717, 1.165) is 6.54 Å². The molecule has 0 radical (unpaired) electrons. The SMILES string of the molecule is C1#CNC1. The second-order valence-electron chi connectivity index (χ2n) is 0.655. The average molecular weight is 53.1 g/mol. The molecule has 0 aromatic rings. The van der Waals surface area contributed by atoms with E-state index in [2.05, 4.69) is 17.3 Å². The second-order valence-corrected chi connectivity index (χ2v) is 0.655. The standard InChI is InChI=1S/C3H3N/c1-2-4-3-1/h4H,2H2. The summed E-state index contributed by atoms with van der Waals surface area (Å²) in [5.74, 6) is 2.75. The van der Waals surface area contributed by atoms with E-state index in [1.54, 1.807) is 0 Å². The molecule has 0 unspecified atom stereocenters. The quantitative estimate of drug-likeness (QED) is 0.369. The first-order valence-corrected chi connectivity index (χ1v) is 1.21. The molecular formula is C3H3N. The number of rotatable bonds is 0. The zero-order chi connectivity index (χ0) is 2.83. The first-order valence-electron chi connectivity index (χ1n) is 1.21. The lowest BCUT2D eigenvalue weighted by molar-refractivity contribution is 0.994. The number of hydrogen-bond acceptors (Lipinski definition) is 1. The summed E-state index contributed by atoms with van der Waals surface area (Å²) in [4.78, 5) is 0. The van der Waals surface area contributed by atoms with Gasteiger partial charge in [0.1, 0.15) is 0 Å². The fourth-order valence-electron chi connectivity index (χ4n) is 0.0884. The van der Waals surface area contributed by atoms with Gasteiger partial charge in [-0.05, 0) is 0 Å². The highest BCUT2D eigenvalue weighted by Gasteiger charge is 1.74. The Morgan fingerprint density at radius 2 is 2.00 bits per heavy atom. The lowest BCUT2D eigenvalue weighted by Crippen LogP contribution is -2.13. The Kier molecular flexibility index (Phi) is 0.160. The molecule has 0 aromatic heterocycles. The lowest BCUT2D eigenvalue weighted by atomic mass is 10.5. The topological polar surface area (TPSA) is 12.0 Å². The van der Waals surface area contributed by atoms with Gasteiger partial charge in [-0.1, -0.05) is 5.92 Å². The molecule has 1 heteroatoms. The van der Waals surface area contributed by atoms with Crippen LogP contribution in [0.3, 0.4) is 0 Å². The van der Waals surface area contributed by atoms with Gasteiger partial charge in [0.05, 0.1) is 6.54 Å². The molecule has 1 N–H and O–H groups in total.